The molecular weight excluding hydrogens is 370 g/mol. The van der Waals surface area contributed by atoms with Crippen LogP contribution in [0.15, 0.2) is 48.8 Å². The highest BCUT2D eigenvalue weighted by Crippen LogP contribution is 2.34. The van der Waals surface area contributed by atoms with Gasteiger partial charge in [0.1, 0.15) is 12.7 Å². The minimum Gasteiger partial charge on any atom is -0.445 e. The molecule has 1 aromatic heterocycles. The summed E-state index contributed by atoms with van der Waals surface area (Å²) in [6.07, 6.45) is 3.57. The first kappa shape index (κ1) is 19.1. The summed E-state index contributed by atoms with van der Waals surface area (Å²) >= 11 is 0. The Hall–Kier alpha value is -3.24. The summed E-state index contributed by atoms with van der Waals surface area (Å²) < 4.78 is 11.1. The Bertz CT molecular complexity index is 927. The van der Waals surface area contributed by atoms with Crippen molar-refractivity contribution >= 4 is 11.9 Å². The fourth-order valence-electron chi connectivity index (χ4n) is 4.09. The number of carbonyl (C=O) groups is 2. The summed E-state index contributed by atoms with van der Waals surface area (Å²) in [6.45, 7) is 0.986. The number of nitrogens with zero attached hydrogens (tertiary/aromatic N) is 3. The highest BCUT2D eigenvalue weighted by atomic mass is 16.6. The van der Waals surface area contributed by atoms with E-state index in [-0.39, 0.29) is 36.5 Å². The number of hydrogen-bond donors (Lipinski definition) is 0. The maximum Gasteiger partial charge on any atom is 0.410 e. The van der Waals surface area contributed by atoms with Crippen molar-refractivity contribution in [3.63, 3.8) is 0 Å². The van der Waals surface area contributed by atoms with Crippen LogP contribution in [-0.4, -0.2) is 47.1 Å². The number of hydrogen-bond acceptors (Lipinski definition) is 6. The number of ketones is 1. The number of Topliss-reactive ketones (excluding diaryl/α,β-unsaturated/α-hetero) is 1. The third-order valence-corrected chi connectivity index (χ3v) is 5.46. The quantitative estimate of drug-likeness (QED) is 0.744. The van der Waals surface area contributed by atoms with Crippen molar-refractivity contribution < 1.29 is 19.1 Å². The molecule has 2 fully saturated rings. The number of piperidine rings is 1. The lowest BCUT2D eigenvalue weighted by atomic mass is 9.81. The lowest BCUT2D eigenvalue weighted by molar-refractivity contribution is -0.0755. The van der Waals surface area contributed by atoms with Crippen molar-refractivity contribution in [2.45, 2.75) is 31.5 Å². The molecule has 2 aromatic rings. The molecule has 2 aliphatic rings. The molecule has 2 bridgehead atoms. The van der Waals surface area contributed by atoms with Gasteiger partial charge in [-0.25, -0.2) is 4.79 Å². The standard InChI is InChI=1S/C22H21N3O4/c23-9-16-6-18(11-24-10-16)21(26)17-7-19-13-28-14-20(8-17)25(19)22(27)29-12-15-4-2-1-3-5-15/h1-6,10-11,17,19-20H,7-8,12-14H2. The SMILES string of the molecule is N#Cc1cncc(C(=O)C2CC3COCC(C2)N3C(=O)OCc2ccccc2)c1. The average molecular weight is 391 g/mol. The van der Waals surface area contributed by atoms with Gasteiger partial charge in [-0.2, -0.15) is 5.26 Å². The Morgan fingerprint density at radius 3 is 2.59 bits per heavy atom. The minimum absolute atomic E-state index is 0.0381. The van der Waals surface area contributed by atoms with Gasteiger partial charge in [0.15, 0.2) is 5.78 Å². The largest absolute Gasteiger partial charge is 0.445 e. The molecule has 2 unspecified atom stereocenters. The van der Waals surface area contributed by atoms with E-state index in [0.29, 0.717) is 37.2 Å². The molecule has 0 saturated carbocycles. The van der Waals surface area contributed by atoms with E-state index >= 15 is 0 Å². The van der Waals surface area contributed by atoms with E-state index in [1.807, 2.05) is 36.4 Å². The monoisotopic (exact) mass is 391 g/mol. The lowest BCUT2D eigenvalue weighted by Crippen LogP contribution is -2.59. The first-order chi connectivity index (χ1) is 14.2. The van der Waals surface area contributed by atoms with E-state index in [4.69, 9.17) is 14.7 Å². The van der Waals surface area contributed by atoms with Crippen molar-refractivity contribution in [3.05, 3.63) is 65.5 Å². The second kappa shape index (κ2) is 8.41. The molecule has 2 aliphatic heterocycles. The summed E-state index contributed by atoms with van der Waals surface area (Å²) in [4.78, 5) is 31.4. The van der Waals surface area contributed by atoms with Gasteiger partial charge in [-0.15, -0.1) is 0 Å². The highest BCUT2D eigenvalue weighted by Gasteiger charge is 2.44. The number of fused-ring (bicyclic) bond motifs is 2. The van der Waals surface area contributed by atoms with Crippen molar-refractivity contribution in [1.29, 1.82) is 5.26 Å². The second-order valence-corrected chi connectivity index (χ2v) is 7.40. The van der Waals surface area contributed by atoms with Crippen LogP contribution >= 0.6 is 0 Å². The van der Waals surface area contributed by atoms with Crippen LogP contribution in [0.25, 0.3) is 0 Å². The first-order valence-corrected chi connectivity index (χ1v) is 9.62. The molecule has 0 N–H and O–H groups in total. The molecule has 2 saturated heterocycles. The molecule has 0 radical (unpaired) electrons. The van der Waals surface area contributed by atoms with Gasteiger partial charge >= 0.3 is 6.09 Å². The predicted octanol–water partition coefficient (Wildman–Crippen LogP) is 2.95. The normalized spacial score (nSPS) is 23.1. The average Bonchev–Trinajstić information content (AvgIpc) is 2.76. The molecule has 0 aliphatic carbocycles. The van der Waals surface area contributed by atoms with Crippen LogP contribution in [0.2, 0.25) is 0 Å². The molecule has 3 heterocycles. The number of amides is 1. The van der Waals surface area contributed by atoms with Crippen LogP contribution in [-0.2, 0) is 16.1 Å². The summed E-state index contributed by atoms with van der Waals surface area (Å²) in [5, 5.41) is 9.04. The molecule has 29 heavy (non-hydrogen) atoms. The number of aromatic nitrogens is 1. The Morgan fingerprint density at radius 2 is 1.90 bits per heavy atom. The molecule has 1 amide bonds. The van der Waals surface area contributed by atoms with Crippen LogP contribution in [0, 0.1) is 17.2 Å². The number of pyridine rings is 1. The number of ether oxygens (including phenoxy) is 2. The Morgan fingerprint density at radius 1 is 1.17 bits per heavy atom. The molecular formula is C22H21N3O4. The van der Waals surface area contributed by atoms with Gasteiger partial charge in [0, 0.05) is 23.9 Å². The van der Waals surface area contributed by atoms with Crippen molar-refractivity contribution in [1.82, 2.24) is 9.88 Å². The number of morpholine rings is 1. The molecule has 4 rings (SSSR count). The molecule has 7 nitrogen and oxygen atoms in total. The van der Waals surface area contributed by atoms with Crippen molar-refractivity contribution in [3.8, 4) is 6.07 Å². The number of benzene rings is 1. The predicted molar refractivity (Wildman–Crippen MR) is 103 cm³/mol. The Labute approximate surface area is 168 Å². The van der Waals surface area contributed by atoms with Gasteiger partial charge in [0.2, 0.25) is 0 Å². The third-order valence-electron chi connectivity index (χ3n) is 5.46. The summed E-state index contributed by atoms with van der Waals surface area (Å²) in [7, 11) is 0. The smallest absolute Gasteiger partial charge is 0.410 e. The van der Waals surface area contributed by atoms with Gasteiger partial charge in [-0.1, -0.05) is 30.3 Å². The minimum atomic E-state index is -0.369. The number of rotatable bonds is 4. The molecule has 2 atom stereocenters. The van der Waals surface area contributed by atoms with E-state index in [0.717, 1.165) is 5.56 Å². The van der Waals surface area contributed by atoms with E-state index in [9.17, 15) is 9.59 Å². The maximum absolute atomic E-state index is 13.0. The van der Waals surface area contributed by atoms with Gasteiger partial charge in [-0.3, -0.25) is 14.7 Å². The van der Waals surface area contributed by atoms with Crippen molar-refractivity contribution in [2.75, 3.05) is 13.2 Å². The van der Waals surface area contributed by atoms with Crippen LogP contribution in [0.3, 0.4) is 0 Å². The fraction of sp³-hybridized carbons (Fsp3) is 0.364. The van der Waals surface area contributed by atoms with Crippen LogP contribution < -0.4 is 0 Å². The number of carbonyl (C=O) groups excluding carboxylic acids is 2. The molecule has 1 aromatic carbocycles. The summed E-state index contributed by atoms with van der Waals surface area (Å²) in [5.41, 5.74) is 1.73. The molecule has 148 valence electrons. The first-order valence-electron chi connectivity index (χ1n) is 9.62. The van der Waals surface area contributed by atoms with Crippen LogP contribution in [0.5, 0.6) is 0 Å². The molecule has 0 spiro atoms. The second-order valence-electron chi connectivity index (χ2n) is 7.40. The molecule has 7 heteroatoms. The van der Waals surface area contributed by atoms with Crippen LogP contribution in [0.1, 0.15) is 34.3 Å². The third kappa shape index (κ3) is 4.13. The topological polar surface area (TPSA) is 92.5 Å². The summed E-state index contributed by atoms with van der Waals surface area (Å²) in [5.74, 6) is -0.272. The fourth-order valence-corrected chi connectivity index (χ4v) is 4.09. The Balaban J connectivity index is 1.44. The zero-order valence-corrected chi connectivity index (χ0v) is 15.9. The maximum atomic E-state index is 13.0. The zero-order chi connectivity index (χ0) is 20.2. The van der Waals surface area contributed by atoms with E-state index in [2.05, 4.69) is 4.98 Å². The van der Waals surface area contributed by atoms with Crippen LogP contribution in [0.4, 0.5) is 4.79 Å². The summed E-state index contributed by atoms with van der Waals surface area (Å²) in [6, 6.07) is 12.7. The lowest BCUT2D eigenvalue weighted by Gasteiger charge is -2.47. The van der Waals surface area contributed by atoms with Gasteiger partial charge in [-0.05, 0) is 24.5 Å². The van der Waals surface area contributed by atoms with E-state index < -0.39 is 0 Å². The van der Waals surface area contributed by atoms with Gasteiger partial charge < -0.3 is 9.47 Å². The van der Waals surface area contributed by atoms with E-state index in [1.54, 1.807) is 11.0 Å². The Kier molecular flexibility index (Phi) is 5.54. The van der Waals surface area contributed by atoms with E-state index in [1.165, 1.54) is 12.4 Å². The van der Waals surface area contributed by atoms with Gasteiger partial charge in [0.05, 0.1) is 30.9 Å². The highest BCUT2D eigenvalue weighted by molar-refractivity contribution is 5.98. The number of nitriles is 1. The van der Waals surface area contributed by atoms with Gasteiger partial charge in [0.25, 0.3) is 0 Å². The zero-order valence-electron chi connectivity index (χ0n) is 15.9. The van der Waals surface area contributed by atoms with Crippen molar-refractivity contribution in [2.24, 2.45) is 5.92 Å².